The van der Waals surface area contributed by atoms with Crippen LogP contribution < -0.4 is 10.1 Å². The number of nitrogens with one attached hydrogen (secondary N) is 1. The predicted molar refractivity (Wildman–Crippen MR) is 103 cm³/mol. The lowest BCUT2D eigenvalue weighted by Gasteiger charge is -2.32. The second-order valence-electron chi connectivity index (χ2n) is 6.65. The number of carbonyl (C=O) groups excluding carboxylic acids is 2. The zero-order valence-corrected chi connectivity index (χ0v) is 15.3. The number of nitrogens with zero attached hydrogens (tertiary/aromatic N) is 1. The third kappa shape index (κ3) is 5.09. The van der Waals surface area contributed by atoms with Crippen molar-refractivity contribution < 1.29 is 24.2 Å². The number of rotatable bonds is 6. The summed E-state index contributed by atoms with van der Waals surface area (Å²) in [5, 5.41) is 11.7. The number of aromatic carboxylic acids is 1. The van der Waals surface area contributed by atoms with Gasteiger partial charge in [-0.3, -0.25) is 9.59 Å². The molecule has 1 saturated heterocycles. The third-order valence-corrected chi connectivity index (χ3v) is 4.65. The molecule has 0 bridgehead atoms. The van der Waals surface area contributed by atoms with Gasteiger partial charge < -0.3 is 20.1 Å². The lowest BCUT2D eigenvalue weighted by atomic mass is 9.97. The number of benzene rings is 2. The minimum absolute atomic E-state index is 0.0605. The van der Waals surface area contributed by atoms with Crippen molar-refractivity contribution in [2.45, 2.75) is 12.8 Å². The first-order valence-corrected chi connectivity index (χ1v) is 9.13. The summed E-state index contributed by atoms with van der Waals surface area (Å²) in [5.74, 6) is -1.02. The van der Waals surface area contributed by atoms with Gasteiger partial charge >= 0.3 is 5.97 Å². The molecule has 2 N–H and O–H groups in total. The van der Waals surface area contributed by atoms with E-state index >= 15 is 0 Å². The van der Waals surface area contributed by atoms with Gasteiger partial charge in [-0.05, 0) is 49.2 Å². The molecular formula is C21H22N2O5. The number of ether oxygens (including phenoxy) is 1. The van der Waals surface area contributed by atoms with Crippen LogP contribution in [0.15, 0.2) is 54.6 Å². The predicted octanol–water partition coefficient (Wildman–Crippen LogP) is 2.64. The topological polar surface area (TPSA) is 95.9 Å². The van der Waals surface area contributed by atoms with Crippen LogP contribution in [0, 0.1) is 5.92 Å². The van der Waals surface area contributed by atoms with Gasteiger partial charge in [-0.15, -0.1) is 0 Å². The molecule has 1 aliphatic rings. The van der Waals surface area contributed by atoms with Gasteiger partial charge in [0.05, 0.1) is 11.5 Å². The number of carboxylic acid groups (broad SMARTS) is 1. The first-order valence-electron chi connectivity index (χ1n) is 9.13. The summed E-state index contributed by atoms with van der Waals surface area (Å²) in [7, 11) is 0. The van der Waals surface area contributed by atoms with E-state index in [9.17, 15) is 14.4 Å². The van der Waals surface area contributed by atoms with Gasteiger partial charge in [-0.1, -0.05) is 18.2 Å². The first kappa shape index (κ1) is 19.4. The number of hydrogen-bond donors (Lipinski definition) is 2. The van der Waals surface area contributed by atoms with Gasteiger partial charge in [0.2, 0.25) is 5.91 Å². The SMILES string of the molecule is O=C(O)c1ccc(NC(=O)C2CCCN(C(=O)COc3ccccc3)C2)cc1. The van der Waals surface area contributed by atoms with Crippen LogP contribution >= 0.6 is 0 Å². The van der Waals surface area contributed by atoms with Crippen LogP contribution in [0.4, 0.5) is 5.69 Å². The van der Waals surface area contributed by atoms with Crippen molar-refractivity contribution in [3.8, 4) is 5.75 Å². The number of hydrogen-bond acceptors (Lipinski definition) is 4. The molecule has 7 heteroatoms. The number of carboxylic acids is 1. The summed E-state index contributed by atoms with van der Waals surface area (Å²) < 4.78 is 5.50. The Morgan fingerprint density at radius 1 is 1.07 bits per heavy atom. The molecule has 3 rings (SSSR count). The summed E-state index contributed by atoms with van der Waals surface area (Å²) in [6.07, 6.45) is 1.44. The van der Waals surface area contributed by atoms with Crippen molar-refractivity contribution in [1.82, 2.24) is 4.90 Å². The fourth-order valence-electron chi connectivity index (χ4n) is 3.11. The second-order valence-corrected chi connectivity index (χ2v) is 6.65. The number of likely N-dealkylation sites (tertiary alicyclic amines) is 1. The molecule has 146 valence electrons. The molecular weight excluding hydrogens is 360 g/mol. The molecule has 2 aromatic carbocycles. The van der Waals surface area contributed by atoms with E-state index in [4.69, 9.17) is 9.84 Å². The van der Waals surface area contributed by atoms with Crippen LogP contribution in [0.3, 0.4) is 0 Å². The molecule has 0 aromatic heterocycles. The molecule has 0 aliphatic carbocycles. The Balaban J connectivity index is 1.52. The van der Waals surface area contributed by atoms with Crippen LogP contribution in [-0.2, 0) is 9.59 Å². The molecule has 1 atom stereocenters. The lowest BCUT2D eigenvalue weighted by Crippen LogP contribution is -2.45. The molecule has 1 aliphatic heterocycles. The van der Waals surface area contributed by atoms with Gasteiger partial charge in [0.15, 0.2) is 6.61 Å². The number of amides is 2. The summed E-state index contributed by atoms with van der Waals surface area (Å²) in [6.45, 7) is 0.888. The Bertz CT molecular complexity index is 836. The highest BCUT2D eigenvalue weighted by molar-refractivity contribution is 5.94. The molecule has 7 nitrogen and oxygen atoms in total. The molecule has 1 heterocycles. The van der Waals surface area contributed by atoms with Gasteiger partial charge in [-0.25, -0.2) is 4.79 Å². The average molecular weight is 382 g/mol. The largest absolute Gasteiger partial charge is 0.484 e. The van der Waals surface area contributed by atoms with Crippen LogP contribution in [-0.4, -0.2) is 47.5 Å². The van der Waals surface area contributed by atoms with Crippen LogP contribution in [0.25, 0.3) is 0 Å². The Morgan fingerprint density at radius 2 is 1.79 bits per heavy atom. The highest BCUT2D eigenvalue weighted by atomic mass is 16.5. The van der Waals surface area contributed by atoms with Crippen molar-refractivity contribution >= 4 is 23.5 Å². The zero-order valence-electron chi connectivity index (χ0n) is 15.3. The van der Waals surface area contributed by atoms with E-state index < -0.39 is 5.97 Å². The summed E-state index contributed by atoms with van der Waals surface area (Å²) >= 11 is 0. The molecule has 28 heavy (non-hydrogen) atoms. The number of piperidine rings is 1. The molecule has 2 amide bonds. The quantitative estimate of drug-likeness (QED) is 0.801. The van der Waals surface area contributed by atoms with E-state index in [2.05, 4.69) is 5.32 Å². The highest BCUT2D eigenvalue weighted by Gasteiger charge is 2.28. The summed E-state index contributed by atoms with van der Waals surface area (Å²) in [5.41, 5.74) is 0.691. The monoisotopic (exact) mass is 382 g/mol. The molecule has 0 saturated carbocycles. The average Bonchev–Trinajstić information content (AvgIpc) is 2.73. The maximum atomic E-state index is 12.5. The van der Waals surface area contributed by atoms with Crippen molar-refractivity contribution in [2.24, 2.45) is 5.92 Å². The Morgan fingerprint density at radius 3 is 2.46 bits per heavy atom. The fraction of sp³-hybridized carbons (Fsp3) is 0.286. The minimum atomic E-state index is -1.02. The zero-order chi connectivity index (χ0) is 19.9. The van der Waals surface area contributed by atoms with E-state index in [-0.39, 0.29) is 29.9 Å². The van der Waals surface area contributed by atoms with Crippen LogP contribution in [0.2, 0.25) is 0 Å². The van der Waals surface area contributed by atoms with Crippen molar-refractivity contribution in [1.29, 1.82) is 0 Å². The third-order valence-electron chi connectivity index (χ3n) is 4.65. The van der Waals surface area contributed by atoms with Crippen molar-refractivity contribution in [2.75, 3.05) is 25.0 Å². The second kappa shape index (κ2) is 9.03. The Hall–Kier alpha value is -3.35. The maximum absolute atomic E-state index is 12.5. The number of para-hydroxylation sites is 1. The van der Waals surface area contributed by atoms with E-state index in [1.54, 1.807) is 29.2 Å². The fourth-order valence-corrected chi connectivity index (χ4v) is 3.11. The van der Waals surface area contributed by atoms with Gasteiger partial charge in [0, 0.05) is 18.8 Å². The lowest BCUT2D eigenvalue weighted by molar-refractivity contribution is -0.136. The van der Waals surface area contributed by atoms with Gasteiger partial charge in [0.25, 0.3) is 5.91 Å². The van der Waals surface area contributed by atoms with E-state index in [1.165, 1.54) is 12.1 Å². The summed E-state index contributed by atoms with van der Waals surface area (Å²) in [4.78, 5) is 37.5. The first-order chi connectivity index (χ1) is 13.5. The number of carbonyl (C=O) groups is 3. The standard InChI is InChI=1S/C21H22N2O5/c24-19(14-28-18-6-2-1-3-7-18)23-12-4-5-16(13-23)20(25)22-17-10-8-15(9-11-17)21(26)27/h1-3,6-11,16H,4-5,12-14H2,(H,22,25)(H,26,27). The molecule has 0 radical (unpaired) electrons. The van der Waals surface area contributed by atoms with E-state index in [0.29, 0.717) is 30.9 Å². The molecule has 2 aromatic rings. The van der Waals surface area contributed by atoms with Crippen LogP contribution in [0.1, 0.15) is 23.2 Å². The highest BCUT2D eigenvalue weighted by Crippen LogP contribution is 2.20. The van der Waals surface area contributed by atoms with E-state index in [0.717, 1.165) is 6.42 Å². The maximum Gasteiger partial charge on any atom is 0.335 e. The Kier molecular flexibility index (Phi) is 6.26. The van der Waals surface area contributed by atoms with Crippen molar-refractivity contribution in [3.63, 3.8) is 0 Å². The van der Waals surface area contributed by atoms with Gasteiger partial charge in [-0.2, -0.15) is 0 Å². The van der Waals surface area contributed by atoms with E-state index in [1.807, 2.05) is 18.2 Å². The van der Waals surface area contributed by atoms with Crippen molar-refractivity contribution in [3.05, 3.63) is 60.2 Å². The van der Waals surface area contributed by atoms with Crippen LogP contribution in [0.5, 0.6) is 5.75 Å². The Labute approximate surface area is 162 Å². The number of anilines is 1. The summed E-state index contributed by atoms with van der Waals surface area (Å²) in [6, 6.07) is 15.1. The van der Waals surface area contributed by atoms with Gasteiger partial charge in [0.1, 0.15) is 5.75 Å². The minimum Gasteiger partial charge on any atom is -0.484 e. The smallest absolute Gasteiger partial charge is 0.335 e. The normalized spacial score (nSPS) is 16.3. The molecule has 0 spiro atoms. The molecule has 1 fully saturated rings. The molecule has 1 unspecified atom stereocenters.